The molecule has 2 aromatic rings. The van der Waals surface area contributed by atoms with Gasteiger partial charge in [0.1, 0.15) is 6.54 Å². The quantitative estimate of drug-likeness (QED) is 0.830. The van der Waals surface area contributed by atoms with Crippen molar-refractivity contribution in [3.05, 3.63) is 65.5 Å². The highest BCUT2D eigenvalue weighted by Crippen LogP contribution is 2.21. The molecule has 0 aliphatic carbocycles. The molecule has 0 bridgehead atoms. The normalized spacial score (nSPS) is 13.2. The van der Waals surface area contributed by atoms with Crippen LogP contribution in [0.2, 0.25) is 0 Å². The van der Waals surface area contributed by atoms with Gasteiger partial charge in [-0.3, -0.25) is 19.3 Å². The van der Waals surface area contributed by atoms with Gasteiger partial charge in [0.15, 0.2) is 12.4 Å². The van der Waals surface area contributed by atoms with Gasteiger partial charge in [-0.05, 0) is 17.7 Å². The average molecular weight is 296 g/mol. The van der Waals surface area contributed by atoms with E-state index in [1.165, 1.54) is 0 Å². The summed E-state index contributed by atoms with van der Waals surface area (Å²) in [5, 5.41) is 2.69. The summed E-state index contributed by atoms with van der Waals surface area (Å²) in [6.45, 7) is 0.0714. The number of pyridine rings is 1. The molecule has 1 aromatic heterocycles. The lowest BCUT2D eigenvalue weighted by atomic mass is 10.1. The molecule has 0 unspecified atom stereocenters. The minimum atomic E-state index is -0.426. The summed E-state index contributed by atoms with van der Waals surface area (Å²) in [5.41, 5.74) is 1.62. The Morgan fingerprint density at radius 1 is 1.00 bits per heavy atom. The van der Waals surface area contributed by atoms with Crippen LogP contribution in [0.25, 0.3) is 0 Å². The van der Waals surface area contributed by atoms with Gasteiger partial charge in [0.2, 0.25) is 5.91 Å². The van der Waals surface area contributed by atoms with Gasteiger partial charge in [-0.15, -0.1) is 0 Å². The zero-order valence-corrected chi connectivity index (χ0v) is 11.7. The predicted molar refractivity (Wildman–Crippen MR) is 76.7 cm³/mol. The third-order valence-corrected chi connectivity index (χ3v) is 3.46. The molecule has 22 heavy (non-hydrogen) atoms. The second kappa shape index (κ2) is 5.77. The summed E-state index contributed by atoms with van der Waals surface area (Å²) in [6, 6.07) is 10.2. The van der Waals surface area contributed by atoms with E-state index in [2.05, 4.69) is 10.3 Å². The molecule has 110 valence electrons. The number of nitrogens with zero attached hydrogens (tertiary/aromatic N) is 1. The van der Waals surface area contributed by atoms with Crippen LogP contribution in [0.5, 0.6) is 0 Å². The van der Waals surface area contributed by atoms with Gasteiger partial charge in [-0.25, -0.2) is 4.98 Å². The van der Waals surface area contributed by atoms with Gasteiger partial charge in [0, 0.05) is 18.7 Å². The van der Waals surface area contributed by atoms with Gasteiger partial charge in [0.25, 0.3) is 11.8 Å². The molecule has 1 aromatic carbocycles. The van der Waals surface area contributed by atoms with Crippen LogP contribution in [-0.2, 0) is 11.3 Å². The third kappa shape index (κ3) is 2.58. The predicted octanol–water partition coefficient (Wildman–Crippen LogP) is 0.413. The lowest BCUT2D eigenvalue weighted by molar-refractivity contribution is -0.378. The zero-order valence-electron chi connectivity index (χ0n) is 11.7. The topological polar surface area (TPSA) is 80.6 Å². The Morgan fingerprint density at radius 2 is 1.59 bits per heavy atom. The van der Waals surface area contributed by atoms with Crippen LogP contribution in [-0.4, -0.2) is 29.2 Å². The fourth-order valence-corrected chi connectivity index (χ4v) is 2.32. The Balaban J connectivity index is 1.63. The molecule has 1 aliphatic rings. The van der Waals surface area contributed by atoms with Crippen molar-refractivity contribution in [3.8, 4) is 0 Å². The van der Waals surface area contributed by atoms with E-state index in [9.17, 15) is 14.4 Å². The van der Waals surface area contributed by atoms with E-state index in [1.54, 1.807) is 36.7 Å². The number of rotatable bonds is 4. The van der Waals surface area contributed by atoms with E-state index < -0.39 is 11.8 Å². The van der Waals surface area contributed by atoms with Crippen molar-refractivity contribution in [1.82, 2.24) is 10.2 Å². The zero-order chi connectivity index (χ0) is 15.5. The number of amides is 3. The summed E-state index contributed by atoms with van der Waals surface area (Å²) in [7, 11) is 0. The molecule has 3 rings (SSSR count). The molecule has 0 saturated carbocycles. The summed E-state index contributed by atoms with van der Waals surface area (Å²) in [6.07, 6.45) is 3.51. The largest absolute Gasteiger partial charge is 0.350 e. The number of carbonyl (C=O) groups excluding carboxylic acids is 3. The highest BCUT2D eigenvalue weighted by Gasteiger charge is 2.36. The van der Waals surface area contributed by atoms with Gasteiger partial charge in [-0.2, -0.15) is 0 Å². The molecule has 6 nitrogen and oxygen atoms in total. The summed E-state index contributed by atoms with van der Waals surface area (Å²) in [4.78, 5) is 40.1. The van der Waals surface area contributed by atoms with E-state index in [4.69, 9.17) is 0 Å². The van der Waals surface area contributed by atoms with E-state index >= 15 is 0 Å². The molecule has 0 saturated heterocycles. The minimum Gasteiger partial charge on any atom is -0.350 e. The minimum absolute atomic E-state index is 0.273. The molecule has 6 heteroatoms. The van der Waals surface area contributed by atoms with Gasteiger partial charge in [-0.1, -0.05) is 12.1 Å². The van der Waals surface area contributed by atoms with E-state index in [1.807, 2.05) is 12.1 Å². The SMILES string of the molecule is O=C(CN1C(=O)c2ccccc2C1=O)NCc1cc[nH+]cc1. The van der Waals surface area contributed by atoms with Gasteiger partial charge < -0.3 is 5.32 Å². The average Bonchev–Trinajstić information content (AvgIpc) is 2.79. The molecule has 0 radical (unpaired) electrons. The maximum absolute atomic E-state index is 12.1. The van der Waals surface area contributed by atoms with Crippen molar-refractivity contribution in [3.63, 3.8) is 0 Å². The second-order valence-corrected chi connectivity index (χ2v) is 4.93. The highest BCUT2D eigenvalue weighted by molar-refractivity contribution is 6.22. The fourth-order valence-electron chi connectivity index (χ4n) is 2.32. The lowest BCUT2D eigenvalue weighted by Gasteiger charge is -2.13. The number of H-pyrrole nitrogens is 1. The van der Waals surface area contributed by atoms with Gasteiger partial charge in [0.05, 0.1) is 11.1 Å². The lowest BCUT2D eigenvalue weighted by Crippen LogP contribution is -2.40. The van der Waals surface area contributed by atoms with E-state index in [0.717, 1.165) is 10.5 Å². The molecule has 2 heterocycles. The highest BCUT2D eigenvalue weighted by atomic mass is 16.2. The number of hydrogen-bond acceptors (Lipinski definition) is 3. The Labute approximate surface area is 126 Å². The summed E-state index contributed by atoms with van der Waals surface area (Å²) < 4.78 is 0. The summed E-state index contributed by atoms with van der Waals surface area (Å²) >= 11 is 0. The smallest absolute Gasteiger partial charge is 0.262 e. The second-order valence-electron chi connectivity index (χ2n) is 4.93. The molecule has 0 atom stereocenters. The molecule has 0 spiro atoms. The molecule has 3 amide bonds. The molecular formula is C16H14N3O3+. The Bertz CT molecular complexity index is 708. The Hall–Kier alpha value is -3.02. The van der Waals surface area contributed by atoms with Crippen molar-refractivity contribution >= 4 is 17.7 Å². The molecular weight excluding hydrogens is 282 g/mol. The number of aromatic amines is 1. The number of hydrogen-bond donors (Lipinski definition) is 1. The first-order valence-corrected chi connectivity index (χ1v) is 6.84. The Morgan fingerprint density at radius 3 is 2.18 bits per heavy atom. The van der Waals surface area contributed by atoms with Crippen molar-refractivity contribution < 1.29 is 19.4 Å². The van der Waals surface area contributed by atoms with Crippen LogP contribution in [0.1, 0.15) is 26.3 Å². The van der Waals surface area contributed by atoms with Crippen LogP contribution in [0, 0.1) is 0 Å². The first-order chi connectivity index (χ1) is 10.7. The molecule has 1 aliphatic heterocycles. The van der Waals surface area contributed by atoms with Crippen LogP contribution in [0.4, 0.5) is 0 Å². The fraction of sp³-hybridized carbons (Fsp3) is 0.125. The number of fused-ring (bicyclic) bond motifs is 1. The Kier molecular flexibility index (Phi) is 3.65. The number of benzene rings is 1. The molecule has 2 N–H and O–H groups in total. The number of nitrogens with one attached hydrogen (secondary N) is 2. The first-order valence-electron chi connectivity index (χ1n) is 6.84. The standard InChI is InChI=1S/C16H13N3O3/c20-14(18-9-11-5-7-17-8-6-11)10-19-15(21)12-3-1-2-4-13(12)16(19)22/h1-8H,9-10H2,(H,18,20)/p+1. The van der Waals surface area contributed by atoms with Crippen LogP contribution < -0.4 is 10.3 Å². The number of aromatic nitrogens is 1. The van der Waals surface area contributed by atoms with Crippen molar-refractivity contribution in [2.45, 2.75) is 6.54 Å². The number of imide groups is 1. The first kappa shape index (κ1) is 13.9. The van der Waals surface area contributed by atoms with Crippen molar-refractivity contribution in [2.24, 2.45) is 0 Å². The monoisotopic (exact) mass is 296 g/mol. The van der Waals surface area contributed by atoms with E-state index in [0.29, 0.717) is 17.7 Å². The van der Waals surface area contributed by atoms with E-state index in [-0.39, 0.29) is 12.5 Å². The van der Waals surface area contributed by atoms with Crippen molar-refractivity contribution in [1.29, 1.82) is 0 Å². The maximum atomic E-state index is 12.1. The van der Waals surface area contributed by atoms with Gasteiger partial charge >= 0.3 is 0 Å². The van der Waals surface area contributed by atoms with Crippen LogP contribution in [0.15, 0.2) is 48.8 Å². The third-order valence-electron chi connectivity index (χ3n) is 3.46. The van der Waals surface area contributed by atoms with Crippen molar-refractivity contribution in [2.75, 3.05) is 6.54 Å². The van der Waals surface area contributed by atoms with Crippen LogP contribution in [0.3, 0.4) is 0 Å². The van der Waals surface area contributed by atoms with Crippen LogP contribution >= 0.6 is 0 Å². The maximum Gasteiger partial charge on any atom is 0.262 e. The summed E-state index contributed by atoms with van der Waals surface area (Å²) in [5.74, 6) is -1.22. The number of carbonyl (C=O) groups is 3. The molecule has 0 fully saturated rings.